The van der Waals surface area contributed by atoms with Gasteiger partial charge in [0, 0.05) is 25.7 Å². The smallest absolute Gasteiger partial charge is 0.246 e. The Bertz CT molecular complexity index is 1880. The monoisotopic (exact) mass is 743 g/mol. The molecule has 2 saturated heterocycles. The van der Waals surface area contributed by atoms with Crippen molar-refractivity contribution < 1.29 is 41.3 Å². The summed E-state index contributed by atoms with van der Waals surface area (Å²) < 4.78 is 72.2. The van der Waals surface area contributed by atoms with Crippen LogP contribution >= 0.6 is 0 Å². The fraction of sp³-hybridized carbons (Fsp3) is 0.514. The van der Waals surface area contributed by atoms with E-state index >= 15 is 0 Å². The molecule has 2 atom stereocenters. The standard InChI is InChI=1S/C37H49N3O9S2/c1-2-47-34-11-10-29(28-8-6-27(7-9-28)12-17-38)20-35(34)51(45,46)40-18-15-36(16-19-40)22-30(24-49-36)39-23-31(42)25-48-32-4-3-5-33(21-32)50(43,44)37(26-41)13-14-37/h3-11,20-21,30-31,39,41-42H,2,12-19,22-26,38H2,1H3. The molecule has 2 unspecified atom stereocenters. The summed E-state index contributed by atoms with van der Waals surface area (Å²) in [6.45, 7) is 3.57. The van der Waals surface area contributed by atoms with Gasteiger partial charge in [-0.25, -0.2) is 16.8 Å². The predicted octanol–water partition coefficient (Wildman–Crippen LogP) is 2.89. The molecule has 2 aliphatic heterocycles. The third-order valence-corrected chi connectivity index (χ3v) is 14.8. The Balaban J connectivity index is 1.01. The third kappa shape index (κ3) is 8.13. The highest BCUT2D eigenvalue weighted by atomic mass is 32.2. The molecule has 3 aromatic rings. The first-order valence-electron chi connectivity index (χ1n) is 17.6. The summed E-state index contributed by atoms with van der Waals surface area (Å²) in [5.74, 6) is 0.655. The van der Waals surface area contributed by atoms with E-state index in [1.54, 1.807) is 24.3 Å². The summed E-state index contributed by atoms with van der Waals surface area (Å²) in [6, 6.07) is 19.4. The number of nitrogens with two attached hydrogens (primary N) is 1. The van der Waals surface area contributed by atoms with E-state index in [0.29, 0.717) is 76.5 Å². The van der Waals surface area contributed by atoms with Gasteiger partial charge >= 0.3 is 0 Å². The average molecular weight is 744 g/mol. The van der Waals surface area contributed by atoms with Crippen LogP contribution in [0, 0.1) is 0 Å². The second kappa shape index (κ2) is 15.5. The van der Waals surface area contributed by atoms with E-state index in [9.17, 15) is 27.0 Å². The largest absolute Gasteiger partial charge is 0.492 e. The maximum Gasteiger partial charge on any atom is 0.246 e. The molecule has 278 valence electrons. The number of sulfonamides is 1. The van der Waals surface area contributed by atoms with Crippen LogP contribution in [0.15, 0.2) is 76.5 Å². The lowest BCUT2D eigenvalue weighted by molar-refractivity contribution is -0.0312. The summed E-state index contributed by atoms with van der Waals surface area (Å²) >= 11 is 0. The molecule has 0 radical (unpaired) electrons. The third-order valence-electron chi connectivity index (χ3n) is 10.3. The van der Waals surface area contributed by atoms with Crippen LogP contribution in [0.25, 0.3) is 11.1 Å². The van der Waals surface area contributed by atoms with Crippen molar-refractivity contribution in [2.45, 2.75) is 77.7 Å². The molecule has 3 aromatic carbocycles. The zero-order valence-electron chi connectivity index (χ0n) is 29.0. The van der Waals surface area contributed by atoms with Crippen molar-refractivity contribution in [1.82, 2.24) is 9.62 Å². The van der Waals surface area contributed by atoms with Gasteiger partial charge in [-0.2, -0.15) is 4.31 Å². The normalized spacial score (nSPS) is 20.7. The Morgan fingerprint density at radius 2 is 1.71 bits per heavy atom. The SMILES string of the molecule is CCOc1ccc(-c2ccc(CCN)cc2)cc1S(=O)(=O)N1CCC2(CC1)CC(NCC(O)COc1cccc(S(=O)(=O)C3(CO)CC3)c1)CO2. The number of nitrogens with zero attached hydrogens (tertiary/aromatic N) is 1. The molecule has 1 spiro atoms. The van der Waals surface area contributed by atoms with Crippen LogP contribution in [0.2, 0.25) is 0 Å². The van der Waals surface area contributed by atoms with Gasteiger partial charge in [-0.3, -0.25) is 0 Å². The van der Waals surface area contributed by atoms with Crippen LogP contribution in [0.4, 0.5) is 0 Å². The fourth-order valence-electron chi connectivity index (χ4n) is 6.98. The van der Waals surface area contributed by atoms with E-state index < -0.39 is 42.9 Å². The minimum atomic E-state index is -3.86. The van der Waals surface area contributed by atoms with Gasteiger partial charge in [0.15, 0.2) is 9.84 Å². The highest BCUT2D eigenvalue weighted by Crippen LogP contribution is 2.46. The van der Waals surface area contributed by atoms with Crippen molar-refractivity contribution in [3.05, 3.63) is 72.3 Å². The van der Waals surface area contributed by atoms with Crippen LogP contribution < -0.4 is 20.5 Å². The molecule has 12 nitrogen and oxygen atoms in total. The van der Waals surface area contributed by atoms with E-state index in [2.05, 4.69) is 5.32 Å². The highest BCUT2D eigenvalue weighted by Gasteiger charge is 2.54. The van der Waals surface area contributed by atoms with Crippen LogP contribution in [-0.2, 0) is 31.0 Å². The van der Waals surface area contributed by atoms with Crippen molar-refractivity contribution in [3.8, 4) is 22.6 Å². The number of hydrogen-bond donors (Lipinski definition) is 4. The number of aliphatic hydroxyl groups is 2. The summed E-state index contributed by atoms with van der Waals surface area (Å²) in [6.07, 6.45) is 2.54. The molecule has 14 heteroatoms. The quantitative estimate of drug-likeness (QED) is 0.170. The van der Waals surface area contributed by atoms with Crippen molar-refractivity contribution in [2.75, 3.05) is 52.6 Å². The topological polar surface area (TPSA) is 178 Å². The van der Waals surface area contributed by atoms with Gasteiger partial charge in [-0.15, -0.1) is 0 Å². The first-order chi connectivity index (χ1) is 24.4. The zero-order valence-corrected chi connectivity index (χ0v) is 30.6. The fourth-order valence-corrected chi connectivity index (χ4v) is 10.4. The summed E-state index contributed by atoms with van der Waals surface area (Å²) in [4.78, 5) is 0.247. The summed E-state index contributed by atoms with van der Waals surface area (Å²) in [5, 5.41) is 23.6. The van der Waals surface area contributed by atoms with E-state index in [0.717, 1.165) is 23.1 Å². The maximum atomic E-state index is 14.0. The van der Waals surface area contributed by atoms with Crippen molar-refractivity contribution >= 4 is 19.9 Å². The van der Waals surface area contributed by atoms with Crippen LogP contribution in [0.3, 0.4) is 0 Å². The Labute approximate surface area is 300 Å². The Morgan fingerprint density at radius 1 is 0.980 bits per heavy atom. The molecule has 0 amide bonds. The predicted molar refractivity (Wildman–Crippen MR) is 193 cm³/mol. The molecule has 5 N–H and O–H groups in total. The number of piperidine rings is 1. The molecule has 6 rings (SSSR count). The molecular weight excluding hydrogens is 695 g/mol. The summed E-state index contributed by atoms with van der Waals surface area (Å²) in [7, 11) is -7.54. The van der Waals surface area contributed by atoms with Crippen molar-refractivity contribution in [3.63, 3.8) is 0 Å². The molecule has 0 aromatic heterocycles. The second-order valence-corrected chi connectivity index (χ2v) is 18.1. The molecule has 2 heterocycles. The van der Waals surface area contributed by atoms with E-state index in [-0.39, 0.29) is 29.0 Å². The van der Waals surface area contributed by atoms with Gasteiger partial charge in [-0.05, 0) is 99.0 Å². The lowest BCUT2D eigenvalue weighted by Crippen LogP contribution is -2.47. The van der Waals surface area contributed by atoms with Crippen LogP contribution in [0.5, 0.6) is 11.5 Å². The Hall–Kier alpha value is -3.08. The first kappa shape index (κ1) is 37.7. The van der Waals surface area contributed by atoms with Gasteiger partial charge in [0.05, 0.1) is 35.1 Å². The second-order valence-electron chi connectivity index (χ2n) is 13.8. The van der Waals surface area contributed by atoms with Gasteiger partial charge in [0.2, 0.25) is 10.0 Å². The first-order valence-corrected chi connectivity index (χ1v) is 20.6. The average Bonchev–Trinajstić information content (AvgIpc) is 3.87. The minimum absolute atomic E-state index is 0.0260. The summed E-state index contributed by atoms with van der Waals surface area (Å²) in [5.41, 5.74) is 8.05. The number of aliphatic hydroxyl groups excluding tert-OH is 2. The zero-order chi connectivity index (χ0) is 36.3. The van der Waals surface area contributed by atoms with Crippen molar-refractivity contribution in [1.29, 1.82) is 0 Å². The number of rotatable bonds is 16. The number of benzene rings is 3. The number of hydrogen-bond acceptors (Lipinski definition) is 11. The molecule has 1 aliphatic carbocycles. The van der Waals surface area contributed by atoms with Gasteiger partial charge in [-0.1, -0.05) is 36.4 Å². The van der Waals surface area contributed by atoms with Crippen LogP contribution in [0.1, 0.15) is 44.6 Å². The highest BCUT2D eigenvalue weighted by molar-refractivity contribution is 7.93. The number of ether oxygens (including phenoxy) is 3. The molecule has 1 saturated carbocycles. The molecule has 51 heavy (non-hydrogen) atoms. The van der Waals surface area contributed by atoms with E-state index in [1.165, 1.54) is 16.4 Å². The maximum absolute atomic E-state index is 14.0. The molecule has 3 aliphatic rings. The Morgan fingerprint density at radius 3 is 2.37 bits per heavy atom. The van der Waals surface area contributed by atoms with Gasteiger partial charge < -0.3 is 35.5 Å². The lowest BCUT2D eigenvalue weighted by atomic mass is 9.88. The molecule has 0 bridgehead atoms. The van der Waals surface area contributed by atoms with Crippen LogP contribution in [-0.4, -0.2) is 106 Å². The minimum Gasteiger partial charge on any atom is -0.492 e. The van der Waals surface area contributed by atoms with Gasteiger partial charge in [0.25, 0.3) is 0 Å². The van der Waals surface area contributed by atoms with E-state index in [4.69, 9.17) is 19.9 Å². The number of sulfone groups is 1. The number of nitrogens with one attached hydrogen (secondary N) is 1. The Kier molecular flexibility index (Phi) is 11.4. The van der Waals surface area contributed by atoms with Gasteiger partial charge in [0.1, 0.15) is 29.1 Å². The molecular formula is C37H49N3O9S2. The van der Waals surface area contributed by atoms with Crippen molar-refractivity contribution in [2.24, 2.45) is 5.73 Å². The van der Waals surface area contributed by atoms with E-state index in [1.807, 2.05) is 37.3 Å². The lowest BCUT2D eigenvalue weighted by Gasteiger charge is -2.38. The molecule has 3 fully saturated rings.